The van der Waals surface area contributed by atoms with Crippen molar-refractivity contribution in [1.29, 1.82) is 0 Å². The Kier molecular flexibility index (Phi) is 7.74. The van der Waals surface area contributed by atoms with Crippen LogP contribution in [0.5, 0.6) is 0 Å². The lowest BCUT2D eigenvalue weighted by Crippen LogP contribution is -2.54. The minimum atomic E-state index is -0.903. The molecule has 0 saturated carbocycles. The Bertz CT molecular complexity index is 382. The molecule has 1 saturated heterocycles. The van der Waals surface area contributed by atoms with Crippen LogP contribution >= 0.6 is 12.4 Å². The molecule has 0 radical (unpaired) electrons. The number of ether oxygens (including phenoxy) is 1. The molecule has 0 aromatic rings. The maximum absolute atomic E-state index is 12.0. The van der Waals surface area contributed by atoms with Crippen LogP contribution < -0.4 is 5.32 Å². The van der Waals surface area contributed by atoms with Crippen molar-refractivity contribution < 1.29 is 19.4 Å². The van der Waals surface area contributed by atoms with E-state index in [1.807, 2.05) is 0 Å². The number of halogens is 1. The van der Waals surface area contributed by atoms with E-state index in [1.165, 1.54) is 4.90 Å². The number of hydrogen-bond donors (Lipinski definition) is 2. The Hall–Kier alpha value is -1.27. The normalized spacial score (nSPS) is 22.1. The molecule has 1 rings (SSSR count). The van der Waals surface area contributed by atoms with Crippen molar-refractivity contribution in [3.63, 3.8) is 0 Å². The van der Waals surface area contributed by atoms with E-state index < -0.39 is 23.6 Å². The number of amides is 1. The Morgan fingerprint density at radius 2 is 2.10 bits per heavy atom. The highest BCUT2D eigenvalue weighted by molar-refractivity contribution is 5.85. The first-order valence-corrected chi connectivity index (χ1v) is 6.79. The summed E-state index contributed by atoms with van der Waals surface area (Å²) in [5, 5.41) is 12.4. The SMILES string of the molecule is C=CCNC1CCN(C(=O)OC(C)(C)C)CC1C(=O)O.Cl. The summed E-state index contributed by atoms with van der Waals surface area (Å²) >= 11 is 0. The number of carbonyl (C=O) groups excluding carboxylic acids is 1. The maximum atomic E-state index is 12.0. The summed E-state index contributed by atoms with van der Waals surface area (Å²) in [5.74, 6) is -1.53. The van der Waals surface area contributed by atoms with Crippen molar-refractivity contribution in [3.8, 4) is 0 Å². The molecule has 0 aromatic heterocycles. The van der Waals surface area contributed by atoms with E-state index in [-0.39, 0.29) is 25.0 Å². The smallest absolute Gasteiger partial charge is 0.410 e. The lowest BCUT2D eigenvalue weighted by atomic mass is 9.92. The van der Waals surface area contributed by atoms with Crippen molar-refractivity contribution in [2.24, 2.45) is 5.92 Å². The molecule has 1 heterocycles. The molecule has 0 aromatic carbocycles. The highest BCUT2D eigenvalue weighted by Crippen LogP contribution is 2.20. The van der Waals surface area contributed by atoms with Crippen LogP contribution in [0.15, 0.2) is 12.7 Å². The molecule has 1 fully saturated rings. The number of hydrogen-bond acceptors (Lipinski definition) is 4. The third kappa shape index (κ3) is 6.35. The van der Waals surface area contributed by atoms with Gasteiger partial charge in [0.1, 0.15) is 5.60 Å². The molecule has 2 atom stereocenters. The zero-order valence-electron chi connectivity index (χ0n) is 12.8. The standard InChI is InChI=1S/C14H24N2O4.ClH/c1-5-7-15-11-6-8-16(9-10(11)12(17)18)13(19)20-14(2,3)4;/h5,10-11,15H,1,6-9H2,2-4H3,(H,17,18);1H. The summed E-state index contributed by atoms with van der Waals surface area (Å²) in [6.07, 6.45) is 1.83. The molecule has 21 heavy (non-hydrogen) atoms. The second kappa shape index (κ2) is 8.24. The van der Waals surface area contributed by atoms with E-state index in [4.69, 9.17) is 4.74 Å². The van der Waals surface area contributed by atoms with Gasteiger partial charge in [-0.05, 0) is 27.2 Å². The summed E-state index contributed by atoms with van der Waals surface area (Å²) in [6.45, 7) is 10.2. The Morgan fingerprint density at radius 1 is 1.48 bits per heavy atom. The van der Waals surface area contributed by atoms with Gasteiger partial charge >= 0.3 is 12.1 Å². The largest absolute Gasteiger partial charge is 0.481 e. The van der Waals surface area contributed by atoms with Crippen LogP contribution in [0.4, 0.5) is 4.79 Å². The number of carboxylic acid groups (broad SMARTS) is 1. The summed E-state index contributed by atoms with van der Waals surface area (Å²) < 4.78 is 5.28. The highest BCUT2D eigenvalue weighted by Gasteiger charge is 2.37. The number of nitrogens with one attached hydrogen (secondary N) is 1. The number of carboxylic acids is 1. The first-order valence-electron chi connectivity index (χ1n) is 6.79. The summed E-state index contributed by atoms with van der Waals surface area (Å²) in [6, 6.07) is -0.149. The third-order valence-corrected chi connectivity index (χ3v) is 3.11. The predicted molar refractivity (Wildman–Crippen MR) is 82.8 cm³/mol. The average Bonchev–Trinajstić information content (AvgIpc) is 2.33. The van der Waals surface area contributed by atoms with Crippen LogP contribution in [0.2, 0.25) is 0 Å². The third-order valence-electron chi connectivity index (χ3n) is 3.11. The van der Waals surface area contributed by atoms with E-state index in [0.29, 0.717) is 19.5 Å². The quantitative estimate of drug-likeness (QED) is 0.773. The Morgan fingerprint density at radius 3 is 2.57 bits per heavy atom. The van der Waals surface area contributed by atoms with Crippen molar-refractivity contribution in [3.05, 3.63) is 12.7 Å². The molecule has 1 aliphatic rings. The molecule has 0 aliphatic carbocycles. The summed E-state index contributed by atoms with van der Waals surface area (Å²) in [4.78, 5) is 24.8. The molecular weight excluding hydrogens is 296 g/mol. The van der Waals surface area contributed by atoms with Crippen LogP contribution in [0.25, 0.3) is 0 Å². The molecule has 2 unspecified atom stereocenters. The van der Waals surface area contributed by atoms with Gasteiger partial charge in [-0.25, -0.2) is 4.79 Å². The fraction of sp³-hybridized carbons (Fsp3) is 0.714. The van der Waals surface area contributed by atoms with Gasteiger partial charge in [-0.2, -0.15) is 0 Å². The molecule has 2 N–H and O–H groups in total. The second-order valence-corrected chi connectivity index (χ2v) is 5.96. The number of piperidine rings is 1. The Labute approximate surface area is 131 Å². The highest BCUT2D eigenvalue weighted by atomic mass is 35.5. The lowest BCUT2D eigenvalue weighted by molar-refractivity contribution is -0.144. The number of rotatable bonds is 4. The zero-order chi connectivity index (χ0) is 15.3. The van der Waals surface area contributed by atoms with Crippen molar-refractivity contribution >= 4 is 24.5 Å². The maximum Gasteiger partial charge on any atom is 0.410 e. The first kappa shape index (κ1) is 19.7. The predicted octanol–water partition coefficient (Wildman–Crippen LogP) is 1.89. The van der Waals surface area contributed by atoms with Crippen LogP contribution in [0.3, 0.4) is 0 Å². The van der Waals surface area contributed by atoms with Gasteiger partial charge in [0.05, 0.1) is 5.92 Å². The monoisotopic (exact) mass is 320 g/mol. The second-order valence-electron chi connectivity index (χ2n) is 5.96. The van der Waals surface area contributed by atoms with E-state index in [2.05, 4.69) is 11.9 Å². The molecule has 0 spiro atoms. The fourth-order valence-electron chi connectivity index (χ4n) is 2.17. The van der Waals surface area contributed by atoms with Gasteiger partial charge in [0.25, 0.3) is 0 Å². The van der Waals surface area contributed by atoms with Crippen molar-refractivity contribution in [2.45, 2.75) is 38.8 Å². The Balaban J connectivity index is 0.00000400. The summed E-state index contributed by atoms with van der Waals surface area (Å²) in [5.41, 5.74) is -0.576. The van der Waals surface area contributed by atoms with Gasteiger partial charge in [-0.1, -0.05) is 6.08 Å². The van der Waals surface area contributed by atoms with Crippen LogP contribution in [-0.2, 0) is 9.53 Å². The van der Waals surface area contributed by atoms with Crippen LogP contribution in [0, 0.1) is 5.92 Å². The van der Waals surface area contributed by atoms with Crippen molar-refractivity contribution in [1.82, 2.24) is 10.2 Å². The van der Waals surface area contributed by atoms with Gasteiger partial charge < -0.3 is 20.1 Å². The zero-order valence-corrected chi connectivity index (χ0v) is 13.6. The molecule has 6 nitrogen and oxygen atoms in total. The van der Waals surface area contributed by atoms with E-state index >= 15 is 0 Å². The van der Waals surface area contributed by atoms with Gasteiger partial charge in [0, 0.05) is 25.7 Å². The van der Waals surface area contributed by atoms with Gasteiger partial charge in [-0.3, -0.25) is 4.79 Å². The number of carbonyl (C=O) groups is 2. The minimum absolute atomic E-state index is 0. The molecule has 0 bridgehead atoms. The van der Waals surface area contributed by atoms with E-state index in [1.54, 1.807) is 26.8 Å². The molecule has 1 amide bonds. The fourth-order valence-corrected chi connectivity index (χ4v) is 2.17. The first-order chi connectivity index (χ1) is 9.24. The van der Waals surface area contributed by atoms with Crippen molar-refractivity contribution in [2.75, 3.05) is 19.6 Å². The topological polar surface area (TPSA) is 78.9 Å². The van der Waals surface area contributed by atoms with Crippen LogP contribution in [-0.4, -0.2) is 53.3 Å². The van der Waals surface area contributed by atoms with E-state index in [9.17, 15) is 14.7 Å². The van der Waals surface area contributed by atoms with E-state index in [0.717, 1.165) is 0 Å². The van der Waals surface area contributed by atoms with Gasteiger partial charge in [0.15, 0.2) is 0 Å². The summed E-state index contributed by atoms with van der Waals surface area (Å²) in [7, 11) is 0. The number of likely N-dealkylation sites (tertiary alicyclic amines) is 1. The van der Waals surface area contributed by atoms with Gasteiger partial charge in [0.2, 0.25) is 0 Å². The lowest BCUT2D eigenvalue weighted by Gasteiger charge is -2.37. The number of aliphatic carboxylic acids is 1. The number of nitrogens with zero attached hydrogens (tertiary/aromatic N) is 1. The molecule has 1 aliphatic heterocycles. The van der Waals surface area contributed by atoms with Gasteiger partial charge in [-0.15, -0.1) is 19.0 Å². The molecule has 122 valence electrons. The molecular formula is C14H25ClN2O4. The average molecular weight is 321 g/mol. The van der Waals surface area contributed by atoms with Crippen LogP contribution in [0.1, 0.15) is 27.2 Å². The molecule has 7 heteroatoms. The minimum Gasteiger partial charge on any atom is -0.481 e.